The number of ether oxygens (including phenoxy) is 1. The summed E-state index contributed by atoms with van der Waals surface area (Å²) in [4.78, 5) is 23.1. The van der Waals surface area contributed by atoms with Crippen LogP contribution >= 0.6 is 0 Å². The lowest BCUT2D eigenvalue weighted by Crippen LogP contribution is -2.33. The highest BCUT2D eigenvalue weighted by Crippen LogP contribution is 2.21. The van der Waals surface area contributed by atoms with Gasteiger partial charge < -0.3 is 19.4 Å². The van der Waals surface area contributed by atoms with Crippen LogP contribution in [0.4, 0.5) is 0 Å². The van der Waals surface area contributed by atoms with E-state index < -0.39 is 29.2 Å². The summed E-state index contributed by atoms with van der Waals surface area (Å²) < 4.78 is 35.5. The van der Waals surface area contributed by atoms with Crippen LogP contribution in [0.2, 0.25) is 0 Å². The molecule has 27 heavy (non-hydrogen) atoms. The summed E-state index contributed by atoms with van der Waals surface area (Å²) in [6.07, 6.45) is 0.510. The van der Waals surface area contributed by atoms with E-state index in [0.29, 0.717) is 12.0 Å². The lowest BCUT2D eigenvalue weighted by atomic mass is 9.97. The molecule has 0 aliphatic rings. The van der Waals surface area contributed by atoms with Gasteiger partial charge >= 0.3 is 13.3 Å². The van der Waals surface area contributed by atoms with Crippen molar-refractivity contribution < 1.29 is 37.4 Å². The van der Waals surface area contributed by atoms with Gasteiger partial charge in [-0.2, -0.15) is 0 Å². The molecule has 0 spiro atoms. The maximum atomic E-state index is 12.4. The molecule has 150 valence electrons. The predicted octanol–water partition coefficient (Wildman–Crippen LogP) is 0.246. The van der Waals surface area contributed by atoms with E-state index in [0.717, 1.165) is 0 Å². The molecule has 0 unspecified atom stereocenters. The van der Waals surface area contributed by atoms with Crippen LogP contribution in [0.3, 0.4) is 0 Å². The molecule has 1 amide bonds. The third-order valence-corrected chi connectivity index (χ3v) is 4.62. The van der Waals surface area contributed by atoms with Crippen molar-refractivity contribution >= 4 is 29.2 Å². The molecule has 0 bridgehead atoms. The van der Waals surface area contributed by atoms with E-state index >= 15 is 0 Å². The van der Waals surface area contributed by atoms with Gasteiger partial charge in [-0.05, 0) is 42.5 Å². The predicted molar refractivity (Wildman–Crippen MR) is 98.3 cm³/mol. The molecule has 3 N–H and O–H groups in total. The zero-order chi connectivity index (χ0) is 20.6. The summed E-state index contributed by atoms with van der Waals surface area (Å²) in [5.74, 6) is -1.38. The lowest BCUT2D eigenvalue weighted by Gasteiger charge is -2.14. The fraction of sp³-hybridized carbons (Fsp3) is 0.500. The molecule has 0 aromatic heterocycles. The first kappa shape index (κ1) is 22.9. The quantitative estimate of drug-likeness (QED) is 0.288. The summed E-state index contributed by atoms with van der Waals surface area (Å²) in [5.41, 5.74) is 0.655. The molecule has 0 saturated carbocycles. The Bertz CT molecular complexity index is 764. The SMILES string of the molecule is CC(=O)OCCCS(=O)(=O)NC(=O)c1ccc(OB(O)O)cc1CC(C)C. The van der Waals surface area contributed by atoms with E-state index in [4.69, 9.17) is 14.7 Å². The van der Waals surface area contributed by atoms with Gasteiger partial charge in [-0.15, -0.1) is 0 Å². The summed E-state index contributed by atoms with van der Waals surface area (Å²) in [5, 5.41) is 17.8. The smallest absolute Gasteiger partial charge is 0.512 e. The van der Waals surface area contributed by atoms with Gasteiger partial charge in [-0.25, -0.2) is 13.1 Å². The number of hydrogen-bond donors (Lipinski definition) is 3. The second-order valence-electron chi connectivity index (χ2n) is 6.30. The van der Waals surface area contributed by atoms with Crippen molar-refractivity contribution in [1.82, 2.24) is 4.72 Å². The molecule has 9 nitrogen and oxygen atoms in total. The van der Waals surface area contributed by atoms with Gasteiger partial charge in [0.25, 0.3) is 5.91 Å². The fourth-order valence-corrected chi connectivity index (χ4v) is 3.30. The molecule has 1 aromatic carbocycles. The van der Waals surface area contributed by atoms with Crippen molar-refractivity contribution in [2.75, 3.05) is 12.4 Å². The number of sulfonamides is 1. The first-order valence-corrected chi connectivity index (χ1v) is 9.99. The summed E-state index contributed by atoms with van der Waals surface area (Å²) in [6.45, 7) is 5.00. The van der Waals surface area contributed by atoms with Crippen molar-refractivity contribution in [3.05, 3.63) is 29.3 Å². The highest BCUT2D eigenvalue weighted by atomic mass is 32.2. The molecule has 0 aliphatic carbocycles. The number of esters is 1. The van der Waals surface area contributed by atoms with Crippen molar-refractivity contribution in [3.63, 3.8) is 0 Å². The van der Waals surface area contributed by atoms with Crippen molar-refractivity contribution in [1.29, 1.82) is 0 Å². The van der Waals surface area contributed by atoms with Gasteiger partial charge in [-0.3, -0.25) is 9.59 Å². The number of nitrogens with one attached hydrogen (secondary N) is 1. The summed E-state index contributed by atoms with van der Waals surface area (Å²) in [6, 6.07) is 4.16. The molecule has 0 atom stereocenters. The number of carbonyl (C=O) groups is 2. The molecular weight excluding hydrogens is 377 g/mol. The highest BCUT2D eigenvalue weighted by Gasteiger charge is 2.20. The number of amides is 1. The second kappa shape index (κ2) is 10.3. The third-order valence-electron chi connectivity index (χ3n) is 3.30. The Morgan fingerprint density at radius 1 is 1.26 bits per heavy atom. The van der Waals surface area contributed by atoms with Crippen molar-refractivity contribution in [3.8, 4) is 5.75 Å². The molecule has 0 fully saturated rings. The minimum Gasteiger partial charge on any atom is -0.512 e. The number of carbonyl (C=O) groups excluding carboxylic acids is 2. The van der Waals surface area contributed by atoms with Crippen LogP contribution in [-0.2, 0) is 26.0 Å². The third kappa shape index (κ3) is 8.89. The van der Waals surface area contributed by atoms with Crippen LogP contribution in [0.25, 0.3) is 0 Å². The Kier molecular flexibility index (Phi) is 8.74. The standard InChI is InChI=1S/C16H24BNO8S/c1-11(2)9-13-10-14(26-17(21)22)5-6-15(13)16(20)18-27(23,24)8-4-7-25-12(3)19/h5-6,10-11,21-22H,4,7-9H2,1-3H3,(H,18,20). The zero-order valence-electron chi connectivity index (χ0n) is 15.5. The molecule has 11 heteroatoms. The van der Waals surface area contributed by atoms with Crippen molar-refractivity contribution in [2.45, 2.75) is 33.6 Å². The van der Waals surface area contributed by atoms with Gasteiger partial charge in [0.1, 0.15) is 5.75 Å². The van der Waals surface area contributed by atoms with E-state index in [1.54, 1.807) is 0 Å². The van der Waals surface area contributed by atoms with Gasteiger partial charge in [0, 0.05) is 12.5 Å². The molecule has 0 heterocycles. The number of rotatable bonds is 10. The Balaban J connectivity index is 2.89. The Hall–Kier alpha value is -2.11. The molecular formula is C16H24BNO8S. The molecule has 1 aromatic rings. The average molecular weight is 401 g/mol. The van der Waals surface area contributed by atoms with Gasteiger partial charge in [0.15, 0.2) is 0 Å². The first-order valence-electron chi connectivity index (χ1n) is 8.34. The van der Waals surface area contributed by atoms with Crippen LogP contribution < -0.4 is 9.38 Å². The van der Waals surface area contributed by atoms with E-state index in [1.165, 1.54) is 25.1 Å². The normalized spacial score (nSPS) is 11.2. The Morgan fingerprint density at radius 3 is 2.48 bits per heavy atom. The summed E-state index contributed by atoms with van der Waals surface area (Å²) in [7, 11) is -5.91. The maximum absolute atomic E-state index is 12.4. The van der Waals surface area contributed by atoms with Crippen LogP contribution in [-0.4, -0.2) is 50.0 Å². The topological polar surface area (TPSA) is 139 Å². The fourth-order valence-electron chi connectivity index (χ4n) is 2.31. The van der Waals surface area contributed by atoms with Crippen LogP contribution in [0.15, 0.2) is 18.2 Å². The average Bonchev–Trinajstić information content (AvgIpc) is 2.50. The first-order chi connectivity index (χ1) is 12.5. The van der Waals surface area contributed by atoms with E-state index in [1.807, 2.05) is 18.6 Å². The van der Waals surface area contributed by atoms with Crippen LogP contribution in [0.5, 0.6) is 5.75 Å². The van der Waals surface area contributed by atoms with Crippen LogP contribution in [0.1, 0.15) is 43.1 Å². The largest absolute Gasteiger partial charge is 0.707 e. The van der Waals surface area contributed by atoms with Gasteiger partial charge in [-0.1, -0.05) is 13.8 Å². The number of hydrogen-bond acceptors (Lipinski definition) is 8. The molecule has 0 saturated heterocycles. The van der Waals surface area contributed by atoms with E-state index in [2.05, 4.69) is 4.74 Å². The minimum absolute atomic E-state index is 0.0570. The zero-order valence-corrected chi connectivity index (χ0v) is 16.3. The highest BCUT2D eigenvalue weighted by molar-refractivity contribution is 7.90. The maximum Gasteiger partial charge on any atom is 0.707 e. The molecule has 0 aliphatic heterocycles. The van der Waals surface area contributed by atoms with E-state index in [-0.39, 0.29) is 36.0 Å². The van der Waals surface area contributed by atoms with E-state index in [9.17, 15) is 18.0 Å². The molecule has 0 radical (unpaired) electrons. The van der Waals surface area contributed by atoms with Gasteiger partial charge in [0.2, 0.25) is 10.0 Å². The number of benzene rings is 1. The second-order valence-corrected chi connectivity index (χ2v) is 8.15. The van der Waals surface area contributed by atoms with Gasteiger partial charge in [0.05, 0.1) is 12.4 Å². The monoisotopic (exact) mass is 401 g/mol. The van der Waals surface area contributed by atoms with Crippen LogP contribution in [0, 0.1) is 5.92 Å². The Morgan fingerprint density at radius 2 is 1.93 bits per heavy atom. The molecule has 1 rings (SSSR count). The minimum atomic E-state index is -3.90. The Labute approximate surface area is 158 Å². The summed E-state index contributed by atoms with van der Waals surface area (Å²) >= 11 is 0. The lowest BCUT2D eigenvalue weighted by molar-refractivity contribution is -0.140. The van der Waals surface area contributed by atoms with Crippen molar-refractivity contribution in [2.24, 2.45) is 5.92 Å².